The van der Waals surface area contributed by atoms with E-state index in [9.17, 15) is 9.59 Å². The number of nitrogens with zero attached hydrogens (tertiary/aromatic N) is 1. The van der Waals surface area contributed by atoms with Crippen molar-refractivity contribution in [3.8, 4) is 0 Å². The first-order chi connectivity index (χ1) is 12.1. The average molecular weight is 457 g/mol. The summed E-state index contributed by atoms with van der Waals surface area (Å²) in [6.07, 6.45) is 8.30. The van der Waals surface area contributed by atoms with Gasteiger partial charge in [-0.1, -0.05) is 0 Å². The number of hydrogen-bond acceptors (Lipinski definition) is 5. The molecule has 0 radical (unpaired) electrons. The molecule has 1 aromatic heterocycles. The molecule has 1 atom stereocenters. The van der Waals surface area contributed by atoms with Gasteiger partial charge in [0.05, 0.1) is 0 Å². The summed E-state index contributed by atoms with van der Waals surface area (Å²) in [7, 11) is 0. The number of aromatic nitrogens is 2. The fourth-order valence-electron chi connectivity index (χ4n) is 3.11. The molecule has 2 rings (SSSR count). The third kappa shape index (κ3) is 6.29. The van der Waals surface area contributed by atoms with Gasteiger partial charge in [-0.15, -0.1) is 0 Å². The molecule has 1 aliphatic rings. The number of amides is 1. The number of carbonyl (C=O) groups is 2. The Labute approximate surface area is 154 Å². The molecule has 0 saturated carbocycles. The van der Waals surface area contributed by atoms with Crippen molar-refractivity contribution >= 4 is 30.9 Å². The van der Waals surface area contributed by atoms with Gasteiger partial charge in [-0.2, -0.15) is 0 Å². The molecule has 1 saturated heterocycles. The molecule has 1 fully saturated rings. The third-order valence-corrected chi connectivity index (χ3v) is 15.4. The van der Waals surface area contributed by atoms with E-state index in [0.29, 0.717) is 19.4 Å². The summed E-state index contributed by atoms with van der Waals surface area (Å²) in [5.41, 5.74) is 0.817. The monoisotopic (exact) mass is 458 g/mol. The average Bonchev–Trinajstić information content (AvgIpc) is 3.11. The van der Waals surface area contributed by atoms with Crippen LogP contribution in [0, 0.1) is 0 Å². The molecular formula is C17H30N4O3Sn. The van der Waals surface area contributed by atoms with Crippen LogP contribution in [-0.2, 0) is 19.1 Å². The minimum absolute atomic E-state index is 0.109. The van der Waals surface area contributed by atoms with E-state index >= 15 is 0 Å². The van der Waals surface area contributed by atoms with Crippen LogP contribution in [0.2, 0.25) is 8.87 Å². The molecule has 25 heavy (non-hydrogen) atoms. The van der Waals surface area contributed by atoms with Gasteiger partial charge in [-0.25, -0.2) is 0 Å². The minimum atomic E-state index is -3.27. The van der Waals surface area contributed by atoms with Crippen LogP contribution in [0.15, 0.2) is 12.5 Å². The summed E-state index contributed by atoms with van der Waals surface area (Å²) in [4.78, 5) is 32.0. The zero-order valence-corrected chi connectivity index (χ0v) is 18.1. The number of carbonyl (C=O) groups excluding carboxylic acids is 2. The number of aromatic amines is 1. The number of unbranched alkanes of at least 4 members (excludes halogenated alkanes) is 2. The van der Waals surface area contributed by atoms with Crippen LogP contribution < -0.4 is 8.86 Å². The molecule has 8 heteroatoms. The fraction of sp³-hybridized carbons (Fsp3) is 0.706. The summed E-state index contributed by atoms with van der Waals surface area (Å²) in [6, 6.07) is -0.646. The van der Waals surface area contributed by atoms with Crippen molar-refractivity contribution in [2.24, 2.45) is 0 Å². The first kappa shape index (κ1) is 20.2. The molecule has 0 spiro atoms. The second kappa shape index (κ2) is 10.2. The Morgan fingerprint density at radius 3 is 2.56 bits per heavy atom. The van der Waals surface area contributed by atoms with Gasteiger partial charge in [0.25, 0.3) is 0 Å². The zero-order chi connectivity index (χ0) is 18.1. The van der Waals surface area contributed by atoms with Crippen LogP contribution in [-0.4, -0.2) is 53.5 Å². The van der Waals surface area contributed by atoms with Crippen molar-refractivity contribution in [1.82, 2.24) is 18.8 Å². The molecule has 140 valence electrons. The van der Waals surface area contributed by atoms with Crippen LogP contribution >= 0.6 is 0 Å². The Kier molecular flexibility index (Phi) is 8.21. The second-order valence-corrected chi connectivity index (χ2v) is 16.8. The van der Waals surface area contributed by atoms with Crippen molar-refractivity contribution in [2.45, 2.75) is 67.3 Å². The quantitative estimate of drug-likeness (QED) is 0.520. The molecule has 0 unspecified atom stereocenters. The number of nitrogens with one attached hydrogen (secondary N) is 3. The standard InChI is InChI=1S/C9H13N4O3.2C4H9.Sn/c10-2-1-8(14)13-7(9(15)16)3-6-4-11-5-12-6;2*1-3-4-2;/h4-5,7,10H,1-3H2,(H,11,12)(H,13,14)(H,15,16);2*1,3-4H2,2H3;/q-1;;;+2/p-1/t7-;;;/m1.../s1. The topological polar surface area (TPSA) is 96.1 Å². The fourth-order valence-corrected chi connectivity index (χ4v) is 14.1. The molecule has 0 aliphatic carbocycles. The summed E-state index contributed by atoms with van der Waals surface area (Å²) in [5.74, 6) is -0.401. The van der Waals surface area contributed by atoms with Gasteiger partial charge in [0.1, 0.15) is 0 Å². The molecular weight excluding hydrogens is 427 g/mol. The number of rotatable bonds is 8. The van der Waals surface area contributed by atoms with Crippen LogP contribution in [0.5, 0.6) is 0 Å². The predicted molar refractivity (Wildman–Crippen MR) is 98.1 cm³/mol. The molecule has 1 amide bonds. The molecule has 1 aliphatic heterocycles. The molecule has 2 heterocycles. The SMILES string of the molecule is CCC[CH2][Sn]1([CH2]CCC)[NH]CCC(=O)N[C@H](Cc2cnc[nH]2)C(=O)[O]1. The van der Waals surface area contributed by atoms with Crippen LogP contribution in [0.4, 0.5) is 0 Å². The van der Waals surface area contributed by atoms with E-state index in [1.165, 1.54) is 0 Å². The maximum atomic E-state index is 12.9. The van der Waals surface area contributed by atoms with E-state index in [1.54, 1.807) is 12.5 Å². The Hall–Kier alpha value is -1.09. The van der Waals surface area contributed by atoms with E-state index in [0.717, 1.165) is 40.3 Å². The first-order valence-corrected chi connectivity index (χ1v) is 16.0. The van der Waals surface area contributed by atoms with Gasteiger partial charge in [0, 0.05) is 0 Å². The van der Waals surface area contributed by atoms with Crippen LogP contribution in [0.1, 0.15) is 51.6 Å². The van der Waals surface area contributed by atoms with E-state index in [-0.39, 0.29) is 11.9 Å². The van der Waals surface area contributed by atoms with Gasteiger partial charge >= 0.3 is 154 Å². The molecule has 0 aromatic carbocycles. The van der Waals surface area contributed by atoms with Gasteiger partial charge in [-0.3, -0.25) is 0 Å². The Morgan fingerprint density at radius 2 is 1.96 bits per heavy atom. The first-order valence-electron chi connectivity index (χ1n) is 9.33. The zero-order valence-electron chi connectivity index (χ0n) is 15.3. The van der Waals surface area contributed by atoms with Gasteiger partial charge in [-0.05, 0) is 0 Å². The summed E-state index contributed by atoms with van der Waals surface area (Å²) in [6.45, 7) is 4.91. The molecule has 3 N–H and O–H groups in total. The number of imidazole rings is 1. The van der Waals surface area contributed by atoms with E-state index in [1.807, 2.05) is 0 Å². The Morgan fingerprint density at radius 1 is 1.24 bits per heavy atom. The van der Waals surface area contributed by atoms with Gasteiger partial charge in [0.15, 0.2) is 0 Å². The second-order valence-electron chi connectivity index (χ2n) is 6.70. The predicted octanol–water partition coefficient (Wildman–Crippen LogP) is 2.02. The van der Waals surface area contributed by atoms with Gasteiger partial charge < -0.3 is 0 Å². The van der Waals surface area contributed by atoms with Gasteiger partial charge in [0.2, 0.25) is 0 Å². The normalized spacial score (nSPS) is 21.0. The molecule has 1 aromatic rings. The van der Waals surface area contributed by atoms with Crippen molar-refractivity contribution in [3.05, 3.63) is 18.2 Å². The molecule has 7 nitrogen and oxygen atoms in total. The van der Waals surface area contributed by atoms with Crippen molar-refractivity contribution in [2.75, 3.05) is 6.54 Å². The maximum absolute atomic E-state index is 12.9. The summed E-state index contributed by atoms with van der Waals surface area (Å²) < 4.78 is 11.7. The Bertz CT molecular complexity index is 542. The van der Waals surface area contributed by atoms with Crippen LogP contribution in [0.3, 0.4) is 0 Å². The van der Waals surface area contributed by atoms with E-state index in [4.69, 9.17) is 3.07 Å². The van der Waals surface area contributed by atoms with Crippen LogP contribution in [0.25, 0.3) is 0 Å². The van der Waals surface area contributed by atoms with E-state index in [2.05, 4.69) is 32.7 Å². The summed E-state index contributed by atoms with van der Waals surface area (Å²) in [5, 5.41) is 2.83. The number of H-pyrrole nitrogens is 1. The van der Waals surface area contributed by atoms with Crippen molar-refractivity contribution in [3.63, 3.8) is 0 Å². The van der Waals surface area contributed by atoms with E-state index < -0.39 is 25.1 Å². The van der Waals surface area contributed by atoms with Crippen molar-refractivity contribution in [1.29, 1.82) is 0 Å². The summed E-state index contributed by atoms with van der Waals surface area (Å²) >= 11 is -3.27. The third-order valence-electron chi connectivity index (χ3n) is 4.56. The Balaban J connectivity index is 2.18. The van der Waals surface area contributed by atoms with Crippen molar-refractivity contribution < 1.29 is 12.7 Å². The number of hydrogen-bond donors (Lipinski definition) is 3. The molecule has 0 bridgehead atoms.